The summed E-state index contributed by atoms with van der Waals surface area (Å²) >= 11 is 0. The molecular formula is C88H20F40N8. The monoisotopic (exact) mass is 1950 g/mol. The molecule has 8 aromatic carbocycles. The third-order valence-corrected chi connectivity index (χ3v) is 21.2. The topological polar surface area (TPSA) is 113 Å². The lowest BCUT2D eigenvalue weighted by Gasteiger charge is -2.15. The minimum Gasteiger partial charge on any atom is -0.354 e. The zero-order chi connectivity index (χ0) is 98.5. The molecule has 0 saturated carbocycles. The standard InChI is InChI=1S/C88H20F40N8/c89-49-41(50(90)66(106)81(121)65(49)105)33-17-1-2-18(129-17)34(42-51(91)67(107)82(122)68(108)52(42)92)20-5-6-22(131-20)36(44-55(95)71(111)84(124)72(112)56(44)96)24-9-10-26(133-24)38(46-59(99)75(115)86(126)76(116)60(46)100)28-13-14-30(135-28)40(48-63(103)79(119)88(128)80(120)64(48)104)32-16-15-31(136-32)39(47-61(101)77(117)87(127)78(118)62(47)102)29-12-11-27(134-29)37(45-57(97)73(113)85(125)74(114)58(45)98)25-8-7-23(132-25)35(21-4-3-19(33)130-21)43-53(93)69(109)83(123)70(110)54(43)94/h1-16,129-130,133,136H. The first-order chi connectivity index (χ1) is 64.2. The third-order valence-electron chi connectivity index (χ3n) is 21.2. The van der Waals surface area contributed by atoms with Crippen LogP contribution in [0.4, 0.5) is 176 Å². The van der Waals surface area contributed by atoms with Crippen molar-refractivity contribution in [2.75, 3.05) is 0 Å². The van der Waals surface area contributed by atoms with Crippen LogP contribution in [0.5, 0.6) is 0 Å². The lowest BCUT2D eigenvalue weighted by molar-refractivity contribution is 0.376. The molecule has 9 heterocycles. The molecular weight excluding hydrogens is 1930 g/mol. The van der Waals surface area contributed by atoms with E-state index >= 15 is 176 Å². The highest BCUT2D eigenvalue weighted by Crippen LogP contribution is 2.47. The Hall–Kier alpha value is -15.8. The van der Waals surface area contributed by atoms with E-state index < -0.39 is 412 Å². The van der Waals surface area contributed by atoms with Gasteiger partial charge in [0.25, 0.3) is 0 Å². The van der Waals surface area contributed by atoms with Crippen LogP contribution in [0, 0.1) is 233 Å². The van der Waals surface area contributed by atoms with E-state index in [2.05, 4.69) is 20.0 Å². The Kier molecular flexibility index (Phi) is 22.4. The van der Waals surface area contributed by atoms with Gasteiger partial charge >= 0.3 is 0 Å². The maximum absolute atomic E-state index is 16.9. The molecule has 0 aliphatic carbocycles. The second kappa shape index (κ2) is 33.1. The number of aromatic nitrogens is 4. The lowest BCUT2D eigenvalue weighted by atomic mass is 9.97. The van der Waals surface area contributed by atoms with Gasteiger partial charge in [0.15, 0.2) is 186 Å². The van der Waals surface area contributed by atoms with Crippen LogP contribution < -0.4 is 21.4 Å². The van der Waals surface area contributed by atoms with Crippen LogP contribution in [0.25, 0.3) is 44.6 Å². The molecule has 136 heavy (non-hydrogen) atoms. The summed E-state index contributed by atoms with van der Waals surface area (Å²) in [6.07, 6.45) is 1.70. The molecule has 0 saturated heterocycles. The molecule has 4 N–H and O–H groups in total. The second-order valence-corrected chi connectivity index (χ2v) is 28.6. The number of hydrogen-bond donors (Lipinski definition) is 4. The Morgan fingerprint density at radius 3 is 0.449 bits per heavy atom. The van der Waals surface area contributed by atoms with Gasteiger partial charge in [-0.1, -0.05) is 0 Å². The van der Waals surface area contributed by atoms with Crippen molar-refractivity contribution < 1.29 is 176 Å². The molecule has 0 radical (unpaired) electrons. The summed E-state index contributed by atoms with van der Waals surface area (Å²) in [4.78, 5) is 23.4. The fourth-order valence-corrected chi connectivity index (χ4v) is 15.1. The van der Waals surface area contributed by atoms with E-state index in [1.165, 1.54) is 0 Å². The van der Waals surface area contributed by atoms with E-state index in [1.807, 2.05) is 19.9 Å². The van der Waals surface area contributed by atoms with E-state index in [9.17, 15) is 0 Å². The Labute approximate surface area is 722 Å². The van der Waals surface area contributed by atoms with E-state index in [0.29, 0.717) is 0 Å². The maximum atomic E-state index is 16.9. The number of nitrogens with zero attached hydrogens (tertiary/aromatic N) is 4. The van der Waals surface area contributed by atoms with Crippen molar-refractivity contribution >= 4 is 67.4 Å². The number of aromatic amines is 4. The minimum atomic E-state index is -3.07. The summed E-state index contributed by atoms with van der Waals surface area (Å²) in [6.45, 7) is 0. The van der Waals surface area contributed by atoms with E-state index in [1.54, 1.807) is 0 Å². The van der Waals surface area contributed by atoms with Gasteiger partial charge in [-0.05, 0) is 97.1 Å². The molecule has 0 fully saturated rings. The number of H-pyrrole nitrogens is 4. The largest absolute Gasteiger partial charge is 0.354 e. The molecule has 692 valence electrons. The summed E-state index contributed by atoms with van der Waals surface area (Å²) in [6, 6.07) is 2.01. The van der Waals surface area contributed by atoms with Gasteiger partial charge in [0.05, 0.1) is 90.1 Å². The first-order valence-corrected chi connectivity index (χ1v) is 36.6. The van der Waals surface area contributed by atoms with Gasteiger partial charge in [0.2, 0.25) is 46.5 Å². The van der Waals surface area contributed by atoms with Crippen LogP contribution in [0.15, 0.2) is 140 Å². The summed E-state index contributed by atoms with van der Waals surface area (Å²) < 4.78 is 645. The Balaban J connectivity index is 1.09. The Bertz CT molecular complexity index is 8080. The molecule has 48 heteroatoms. The molecule has 5 aliphatic heterocycles. The smallest absolute Gasteiger partial charge is 0.200 e. The number of nitrogens with one attached hydrogen (secondary N) is 4. The molecule has 4 aromatic heterocycles. The fourth-order valence-electron chi connectivity index (χ4n) is 15.1. The number of aliphatic imine (C=N–C) groups is 4. The van der Waals surface area contributed by atoms with Crippen LogP contribution in [0.2, 0.25) is 0 Å². The molecule has 16 bridgehead atoms. The normalized spacial score (nSPS) is 14.6. The van der Waals surface area contributed by atoms with E-state index in [0.717, 1.165) is 0 Å². The number of benzene rings is 8. The number of halogens is 40. The van der Waals surface area contributed by atoms with Crippen LogP contribution in [-0.4, -0.2) is 42.8 Å². The Morgan fingerprint density at radius 2 is 0.257 bits per heavy atom. The van der Waals surface area contributed by atoms with Crippen LogP contribution >= 0.6 is 0 Å². The van der Waals surface area contributed by atoms with Crippen LogP contribution in [0.1, 0.15) is 67.3 Å². The predicted octanol–water partition coefficient (Wildman–Crippen LogP) is 21.6. The molecule has 0 unspecified atom stereocenters. The highest BCUT2D eigenvalue weighted by Gasteiger charge is 2.43. The summed E-state index contributed by atoms with van der Waals surface area (Å²) in [7, 11) is 0. The highest BCUT2D eigenvalue weighted by atomic mass is 19.2. The van der Waals surface area contributed by atoms with Crippen molar-refractivity contribution in [1.82, 2.24) is 19.9 Å². The molecule has 0 atom stereocenters. The van der Waals surface area contributed by atoms with Gasteiger partial charge in [-0.2, -0.15) is 0 Å². The molecule has 17 rings (SSSR count). The summed E-state index contributed by atoms with van der Waals surface area (Å²) in [5.41, 5.74) is -51.5. The quantitative estimate of drug-likeness (QED) is 0.0660. The second-order valence-electron chi connectivity index (χ2n) is 28.6. The SMILES string of the molecule is Fc1c(F)c(F)c(C2=C3C=CC(=N3)C(c3c(F)c(F)c(F)c(F)c3F)=c3ccc([nH]3)=C(c3c(F)c(F)c(F)c(F)c3F)C3=NC(=C(c4c(F)c(F)c(F)c(F)c4F)c4ccc([nH]4)C(c4c(F)c(F)c(F)c(F)c4F)=C4C=CC(=N4)C(c4c(F)c(F)c(F)c(F)c4F)=c4ccc([nH]4)=C(c4c(F)c(F)c(F)c(F)c4F)c4ccc([nH]4)C(c4c(F)c(F)c(F)c(F)c4F)=C4C=CC2=N4)C=C3)c(F)c1F. The molecule has 5 aliphatic rings. The zero-order valence-corrected chi connectivity index (χ0v) is 64.1. The third kappa shape index (κ3) is 13.7. The van der Waals surface area contributed by atoms with Gasteiger partial charge in [0.1, 0.15) is 0 Å². The first kappa shape index (κ1) is 92.0. The summed E-state index contributed by atoms with van der Waals surface area (Å²) in [5, 5.41) is -5.83. The summed E-state index contributed by atoms with van der Waals surface area (Å²) in [5.74, 6) is -121. The van der Waals surface area contributed by atoms with Gasteiger partial charge in [-0.3, -0.25) is 0 Å². The average Bonchev–Trinajstić information content (AvgIpc) is 1.61. The molecule has 8 nitrogen and oxygen atoms in total. The predicted molar refractivity (Wildman–Crippen MR) is 392 cm³/mol. The van der Waals surface area contributed by atoms with Crippen molar-refractivity contribution in [2.45, 2.75) is 0 Å². The van der Waals surface area contributed by atoms with Gasteiger partial charge in [-0.25, -0.2) is 196 Å². The van der Waals surface area contributed by atoms with Crippen molar-refractivity contribution in [3.63, 3.8) is 0 Å². The molecule has 0 spiro atoms. The van der Waals surface area contributed by atoms with Gasteiger partial charge < -0.3 is 19.9 Å². The molecule has 0 amide bonds. The highest BCUT2D eigenvalue weighted by molar-refractivity contribution is 6.36. The average molecular weight is 1950 g/mol. The lowest BCUT2D eigenvalue weighted by Crippen LogP contribution is -2.24. The number of fused-ring (bicyclic) bond motifs is 12. The van der Waals surface area contributed by atoms with E-state index in [-0.39, 0.29) is 97.1 Å². The maximum Gasteiger partial charge on any atom is 0.200 e. The Morgan fingerprint density at radius 1 is 0.125 bits per heavy atom. The van der Waals surface area contributed by atoms with Crippen molar-refractivity contribution in [3.8, 4) is 0 Å². The zero-order valence-electron chi connectivity index (χ0n) is 64.1. The first-order valence-electron chi connectivity index (χ1n) is 36.6. The van der Waals surface area contributed by atoms with Crippen molar-refractivity contribution in [3.05, 3.63) is 441 Å². The number of allylic oxidation sites excluding steroid dienone is 9. The van der Waals surface area contributed by atoms with Crippen molar-refractivity contribution in [2.24, 2.45) is 20.0 Å². The fraction of sp³-hybridized carbons (Fsp3) is 0. The van der Waals surface area contributed by atoms with Crippen LogP contribution in [0.3, 0.4) is 0 Å². The number of hydrogen-bond acceptors (Lipinski definition) is 4. The minimum absolute atomic E-state index is 0.203. The van der Waals surface area contributed by atoms with Crippen LogP contribution in [-0.2, 0) is 0 Å². The van der Waals surface area contributed by atoms with E-state index in [4.69, 9.17) is 0 Å². The van der Waals surface area contributed by atoms with Crippen molar-refractivity contribution in [1.29, 1.82) is 0 Å². The molecule has 12 aromatic rings. The van der Waals surface area contributed by atoms with Gasteiger partial charge in [-0.15, -0.1) is 0 Å². The van der Waals surface area contributed by atoms with Gasteiger partial charge in [0, 0.05) is 88.8 Å². The number of rotatable bonds is 8.